The molecule has 1 atom stereocenters. The molecule has 0 radical (unpaired) electrons. The van der Waals surface area contributed by atoms with E-state index in [0.717, 1.165) is 6.42 Å². The molecule has 0 bridgehead atoms. The zero-order valence-electron chi connectivity index (χ0n) is 13.5. The first kappa shape index (κ1) is 19.1. The number of nitrogens with zero attached hydrogens (tertiary/aromatic N) is 2. The van der Waals surface area contributed by atoms with E-state index in [0.29, 0.717) is 25.9 Å². The summed E-state index contributed by atoms with van der Waals surface area (Å²) in [6.45, 7) is 4.05. The molecule has 0 aromatic carbocycles. The van der Waals surface area contributed by atoms with Gasteiger partial charge in [0, 0.05) is 19.5 Å². The molecule has 1 N–H and O–H groups in total. The van der Waals surface area contributed by atoms with E-state index in [4.69, 9.17) is 4.74 Å². The predicted molar refractivity (Wildman–Crippen MR) is 75.2 cm³/mol. The molecule has 140 valence electrons. The zero-order valence-corrected chi connectivity index (χ0v) is 13.5. The van der Waals surface area contributed by atoms with Gasteiger partial charge in [-0.05, 0) is 25.2 Å². The van der Waals surface area contributed by atoms with Crippen LogP contribution in [0.4, 0.5) is 26.3 Å². The molecule has 10 heteroatoms. The Morgan fingerprint density at radius 2 is 1.67 bits per heavy atom. The molecule has 0 spiro atoms. The number of amidine groups is 1. The summed E-state index contributed by atoms with van der Waals surface area (Å²) in [4.78, 5) is 4.36. The standard InChI is InChI=1S/C14H21F6N3O/c1-9(2)8-10-21-12(13(15,16)17,14(18,19)20)22-11(24-10)23-6-4-3-5-7-23/h9-10,21H,3-8H2,1-2H3. The molecule has 1 saturated heterocycles. The Balaban J connectivity index is 2.45. The lowest BCUT2D eigenvalue weighted by Gasteiger charge is -2.43. The van der Waals surface area contributed by atoms with Crippen LogP contribution in [0.3, 0.4) is 0 Å². The maximum absolute atomic E-state index is 13.4. The summed E-state index contributed by atoms with van der Waals surface area (Å²) in [5, 5.41) is 1.56. The lowest BCUT2D eigenvalue weighted by atomic mass is 10.1. The van der Waals surface area contributed by atoms with Crippen molar-refractivity contribution >= 4 is 6.02 Å². The summed E-state index contributed by atoms with van der Waals surface area (Å²) in [6, 6.07) is -0.575. The number of hydrogen-bond donors (Lipinski definition) is 1. The molecule has 2 heterocycles. The second kappa shape index (κ2) is 6.61. The fraction of sp³-hybridized carbons (Fsp3) is 0.929. The van der Waals surface area contributed by atoms with E-state index in [1.807, 2.05) is 0 Å². The lowest BCUT2D eigenvalue weighted by molar-refractivity contribution is -0.316. The Bertz CT molecular complexity index is 454. The normalized spacial score (nSPS) is 25.5. The van der Waals surface area contributed by atoms with E-state index in [1.54, 1.807) is 19.2 Å². The average Bonchev–Trinajstić information content (AvgIpc) is 2.44. The number of likely N-dealkylation sites (tertiary alicyclic amines) is 1. The van der Waals surface area contributed by atoms with Gasteiger partial charge in [0.1, 0.15) is 0 Å². The van der Waals surface area contributed by atoms with Gasteiger partial charge in [-0.15, -0.1) is 0 Å². The highest BCUT2D eigenvalue weighted by Crippen LogP contribution is 2.46. The molecular formula is C14H21F6N3O. The molecule has 0 aromatic rings. The van der Waals surface area contributed by atoms with Crippen LogP contribution in [-0.2, 0) is 4.74 Å². The first-order valence-electron chi connectivity index (χ1n) is 7.89. The second-order valence-corrected chi connectivity index (χ2v) is 6.53. The van der Waals surface area contributed by atoms with Crippen LogP contribution in [0.15, 0.2) is 4.99 Å². The first-order valence-corrected chi connectivity index (χ1v) is 7.89. The minimum Gasteiger partial charge on any atom is -0.446 e. The van der Waals surface area contributed by atoms with E-state index in [-0.39, 0.29) is 12.3 Å². The summed E-state index contributed by atoms with van der Waals surface area (Å²) in [6.07, 6.45) is -10.5. The molecule has 1 unspecified atom stereocenters. The van der Waals surface area contributed by atoms with E-state index in [2.05, 4.69) is 4.99 Å². The van der Waals surface area contributed by atoms with Gasteiger partial charge in [-0.25, -0.2) is 5.32 Å². The van der Waals surface area contributed by atoms with Crippen LogP contribution in [0, 0.1) is 5.92 Å². The first-order chi connectivity index (χ1) is 11.0. The number of piperidine rings is 1. The van der Waals surface area contributed by atoms with Crippen LogP contribution in [0.5, 0.6) is 0 Å². The smallest absolute Gasteiger partial charge is 0.436 e. The average molecular weight is 361 g/mol. The Hall–Kier alpha value is -1.19. The van der Waals surface area contributed by atoms with Crippen molar-refractivity contribution in [3.05, 3.63) is 0 Å². The molecule has 2 rings (SSSR count). The maximum Gasteiger partial charge on any atom is 0.436 e. The summed E-state index contributed by atoms with van der Waals surface area (Å²) < 4.78 is 85.6. The van der Waals surface area contributed by atoms with Crippen LogP contribution in [0.25, 0.3) is 0 Å². The Kier molecular flexibility index (Phi) is 5.27. The molecular weight excluding hydrogens is 340 g/mol. The minimum absolute atomic E-state index is 0.000764. The number of halogens is 6. The third-order valence-electron chi connectivity index (χ3n) is 4.01. The van der Waals surface area contributed by atoms with Crippen molar-refractivity contribution in [2.45, 2.75) is 63.8 Å². The van der Waals surface area contributed by atoms with E-state index < -0.39 is 30.3 Å². The number of rotatable bonds is 2. The van der Waals surface area contributed by atoms with Gasteiger partial charge >= 0.3 is 18.0 Å². The van der Waals surface area contributed by atoms with Crippen LogP contribution in [0.2, 0.25) is 0 Å². The minimum atomic E-state index is -5.63. The molecule has 0 aliphatic carbocycles. The second-order valence-electron chi connectivity index (χ2n) is 6.53. The summed E-state index contributed by atoms with van der Waals surface area (Å²) >= 11 is 0. The molecule has 1 fully saturated rings. The maximum atomic E-state index is 13.4. The molecule has 4 nitrogen and oxygen atoms in total. The highest BCUT2D eigenvalue weighted by molar-refractivity contribution is 5.75. The van der Waals surface area contributed by atoms with Gasteiger partial charge < -0.3 is 9.64 Å². The largest absolute Gasteiger partial charge is 0.446 e. The van der Waals surface area contributed by atoms with Gasteiger partial charge in [0.25, 0.3) is 6.02 Å². The SMILES string of the molecule is CC(C)CC1NC(C(F)(F)F)(C(F)(F)F)N=C(N2CCCCC2)O1. The van der Waals surface area contributed by atoms with Crippen LogP contribution >= 0.6 is 0 Å². The van der Waals surface area contributed by atoms with Crippen LogP contribution in [-0.4, -0.2) is 48.3 Å². The highest BCUT2D eigenvalue weighted by atomic mass is 19.4. The molecule has 0 aromatic heterocycles. The zero-order chi connectivity index (χ0) is 18.2. The molecule has 2 aliphatic heterocycles. The van der Waals surface area contributed by atoms with Gasteiger partial charge in [0.05, 0.1) is 0 Å². The highest BCUT2D eigenvalue weighted by Gasteiger charge is 2.74. The van der Waals surface area contributed by atoms with Crippen molar-refractivity contribution in [3.8, 4) is 0 Å². The number of aliphatic imine (C=N–C) groups is 1. The monoisotopic (exact) mass is 361 g/mol. The molecule has 0 saturated carbocycles. The van der Waals surface area contributed by atoms with E-state index in [1.165, 1.54) is 4.90 Å². The van der Waals surface area contributed by atoms with Gasteiger partial charge in [-0.3, -0.25) is 0 Å². The van der Waals surface area contributed by atoms with E-state index in [9.17, 15) is 26.3 Å². The third kappa shape index (κ3) is 3.73. The predicted octanol–water partition coefficient (Wildman–Crippen LogP) is 3.64. The van der Waals surface area contributed by atoms with Gasteiger partial charge in [-0.2, -0.15) is 31.3 Å². The van der Waals surface area contributed by atoms with Crippen molar-refractivity contribution in [1.29, 1.82) is 0 Å². The summed E-state index contributed by atoms with van der Waals surface area (Å²) in [7, 11) is 0. The van der Waals surface area contributed by atoms with Crippen LogP contribution < -0.4 is 5.32 Å². The van der Waals surface area contributed by atoms with Gasteiger partial charge in [0.15, 0.2) is 6.23 Å². The summed E-state index contributed by atoms with van der Waals surface area (Å²) in [5.74, 6) is -0.151. The fourth-order valence-corrected chi connectivity index (χ4v) is 2.81. The Morgan fingerprint density at radius 1 is 1.12 bits per heavy atom. The number of alkyl halides is 6. The topological polar surface area (TPSA) is 36.9 Å². The van der Waals surface area contributed by atoms with Crippen molar-refractivity contribution in [1.82, 2.24) is 10.2 Å². The number of ether oxygens (including phenoxy) is 1. The summed E-state index contributed by atoms with van der Waals surface area (Å²) in [5.41, 5.74) is -4.34. The Labute approximate surface area is 136 Å². The molecule has 0 amide bonds. The van der Waals surface area contributed by atoms with Crippen molar-refractivity contribution < 1.29 is 31.1 Å². The number of nitrogens with one attached hydrogen (secondary N) is 1. The van der Waals surface area contributed by atoms with Crippen molar-refractivity contribution in [2.75, 3.05) is 13.1 Å². The van der Waals surface area contributed by atoms with E-state index >= 15 is 0 Å². The molecule has 2 aliphatic rings. The van der Waals surface area contributed by atoms with Crippen molar-refractivity contribution in [3.63, 3.8) is 0 Å². The van der Waals surface area contributed by atoms with Gasteiger partial charge in [0.2, 0.25) is 0 Å². The molecule has 24 heavy (non-hydrogen) atoms. The Morgan fingerprint density at radius 3 is 2.12 bits per heavy atom. The van der Waals surface area contributed by atoms with Crippen LogP contribution in [0.1, 0.15) is 39.5 Å². The van der Waals surface area contributed by atoms with Gasteiger partial charge in [-0.1, -0.05) is 13.8 Å². The fourth-order valence-electron chi connectivity index (χ4n) is 2.81. The lowest BCUT2D eigenvalue weighted by Crippen LogP contribution is -2.71. The quantitative estimate of drug-likeness (QED) is 0.763. The third-order valence-corrected chi connectivity index (χ3v) is 4.01. The van der Waals surface area contributed by atoms with Crippen molar-refractivity contribution in [2.24, 2.45) is 10.9 Å². The number of hydrogen-bond acceptors (Lipinski definition) is 4.